The molecule has 0 amide bonds. The summed E-state index contributed by atoms with van der Waals surface area (Å²) in [4.78, 5) is 13.4. The largest absolute Gasteiger partial charge is 0.471 e. The van der Waals surface area contributed by atoms with E-state index in [1.807, 2.05) is 78.9 Å². The number of aliphatic hydroxyl groups is 2. The van der Waals surface area contributed by atoms with Gasteiger partial charge in [0.1, 0.15) is 6.61 Å². The van der Waals surface area contributed by atoms with Crippen molar-refractivity contribution >= 4 is 38.9 Å². The molecule has 4 N–H and O–H groups in total. The number of hydrogen-bond acceptors (Lipinski definition) is 9. The number of ether oxygens (including phenoxy) is 2. The summed E-state index contributed by atoms with van der Waals surface area (Å²) in [6, 6.07) is 29.1. The van der Waals surface area contributed by atoms with Gasteiger partial charge in [0.05, 0.1) is 25.6 Å². The van der Waals surface area contributed by atoms with Crippen LogP contribution in [0.15, 0.2) is 97.3 Å². The Hall–Kier alpha value is -3.92. The predicted octanol–water partition coefficient (Wildman–Crippen LogP) is 5.15. The number of rotatable bonds is 12. The lowest BCUT2D eigenvalue weighted by atomic mass is 10.0. The fourth-order valence-corrected chi connectivity index (χ4v) is 16.4. The van der Waals surface area contributed by atoms with Crippen LogP contribution in [-0.4, -0.2) is 58.8 Å². The van der Waals surface area contributed by atoms with Crippen LogP contribution in [0.5, 0.6) is 5.88 Å². The van der Waals surface area contributed by atoms with Gasteiger partial charge in [0.25, 0.3) is 0 Å². The molecular weight excluding hydrogens is 627 g/mol. The lowest BCUT2D eigenvalue weighted by Gasteiger charge is -2.41. The maximum atomic E-state index is 12.1. The summed E-state index contributed by atoms with van der Waals surface area (Å²) in [6.07, 6.45) is 2.00. The van der Waals surface area contributed by atoms with Crippen molar-refractivity contribution in [1.82, 2.24) is 19.5 Å². The zero-order valence-electron chi connectivity index (χ0n) is 27.3. The van der Waals surface area contributed by atoms with Crippen LogP contribution in [0.3, 0.4) is 0 Å². The number of hydrogen-bond donors (Lipinski definition) is 3. The van der Waals surface area contributed by atoms with Crippen LogP contribution in [0.1, 0.15) is 23.6 Å². The Morgan fingerprint density at radius 1 is 0.851 bits per heavy atom. The van der Waals surface area contributed by atoms with Gasteiger partial charge < -0.3 is 34.1 Å². The number of anilines is 1. The minimum atomic E-state index is -2.62. The van der Waals surface area contributed by atoms with Crippen molar-refractivity contribution in [3.63, 3.8) is 0 Å². The van der Waals surface area contributed by atoms with E-state index in [2.05, 4.69) is 53.3 Å². The summed E-state index contributed by atoms with van der Waals surface area (Å²) in [6.45, 7) is 9.54. The molecular formula is C35H43N5O5Si2. The number of fused-ring (bicyclic) bond motifs is 1. The number of benzene rings is 3. The number of nitrogen functional groups attached to an aromatic ring is 1. The molecule has 12 heteroatoms. The maximum Gasteiger partial charge on any atom is 0.247 e. The molecule has 0 spiro atoms. The average Bonchev–Trinajstić information content (AvgIpc) is 3.58. The monoisotopic (exact) mass is 669 g/mol. The summed E-state index contributed by atoms with van der Waals surface area (Å²) < 4.78 is 21.1. The molecule has 2 heterocycles. The lowest BCUT2D eigenvalue weighted by Crippen LogP contribution is -2.56. The van der Waals surface area contributed by atoms with Crippen molar-refractivity contribution in [2.24, 2.45) is 5.92 Å². The van der Waals surface area contributed by atoms with E-state index in [0.717, 1.165) is 11.1 Å². The third-order valence-electron chi connectivity index (χ3n) is 9.25. The van der Waals surface area contributed by atoms with Crippen molar-refractivity contribution in [3.8, 4) is 5.88 Å². The van der Waals surface area contributed by atoms with Crippen LogP contribution >= 0.6 is 0 Å². The van der Waals surface area contributed by atoms with Gasteiger partial charge >= 0.3 is 0 Å². The van der Waals surface area contributed by atoms with Gasteiger partial charge in [0, 0.05) is 5.92 Å². The second-order valence-corrected chi connectivity index (χ2v) is 21.7. The van der Waals surface area contributed by atoms with Crippen LogP contribution in [0.2, 0.25) is 31.7 Å². The fraction of sp³-hybridized carbons (Fsp3) is 0.343. The Labute approximate surface area is 277 Å². The first-order valence-corrected chi connectivity index (χ1v) is 21.8. The van der Waals surface area contributed by atoms with Gasteiger partial charge in [0.15, 0.2) is 25.3 Å². The van der Waals surface area contributed by atoms with Gasteiger partial charge in [-0.15, -0.1) is 0 Å². The molecule has 246 valence electrons. The Kier molecular flexibility index (Phi) is 9.34. The van der Waals surface area contributed by atoms with Crippen LogP contribution in [-0.2, 0) is 22.1 Å². The van der Waals surface area contributed by atoms with Crippen LogP contribution < -0.4 is 15.7 Å². The van der Waals surface area contributed by atoms with Gasteiger partial charge in [-0.05, 0) is 54.5 Å². The summed E-state index contributed by atoms with van der Waals surface area (Å²) in [5, 5.41) is 25.4. The molecule has 0 aliphatic heterocycles. The second kappa shape index (κ2) is 13.3. The van der Waals surface area contributed by atoms with E-state index in [9.17, 15) is 10.2 Å². The smallest absolute Gasteiger partial charge is 0.247 e. The molecule has 0 bridgehead atoms. The van der Waals surface area contributed by atoms with Gasteiger partial charge in [-0.2, -0.15) is 9.97 Å². The summed E-state index contributed by atoms with van der Waals surface area (Å²) in [5.41, 5.74) is 8.75. The van der Waals surface area contributed by atoms with E-state index in [1.165, 1.54) is 5.19 Å². The van der Waals surface area contributed by atoms with E-state index < -0.39 is 34.4 Å². The topological polar surface area (TPSA) is 138 Å². The molecule has 10 nitrogen and oxygen atoms in total. The van der Waals surface area contributed by atoms with Crippen molar-refractivity contribution < 1.29 is 23.8 Å². The van der Waals surface area contributed by atoms with Crippen molar-refractivity contribution in [1.29, 1.82) is 0 Å². The first kappa shape index (κ1) is 33.0. The molecule has 6 rings (SSSR count). The van der Waals surface area contributed by atoms with Gasteiger partial charge in [0.2, 0.25) is 20.1 Å². The first-order chi connectivity index (χ1) is 22.5. The first-order valence-electron chi connectivity index (χ1n) is 15.9. The van der Waals surface area contributed by atoms with Gasteiger partial charge in [-0.3, -0.25) is 0 Å². The lowest BCUT2D eigenvalue weighted by molar-refractivity contribution is -0.218. The van der Waals surface area contributed by atoms with E-state index in [0.29, 0.717) is 24.2 Å². The van der Waals surface area contributed by atoms with Crippen LogP contribution in [0, 0.1) is 5.92 Å². The molecule has 3 aromatic carbocycles. The minimum absolute atomic E-state index is 0.00901. The quantitative estimate of drug-likeness (QED) is 0.122. The summed E-state index contributed by atoms with van der Waals surface area (Å²) >= 11 is 0. The standard InChI is InChI=1S/C35H43N5O5Si2/c1-46(2,27-18-12-7-13-19-27)45-47(3,4)29-20-30(35(41,42)28(29)23-43-21-25-14-8-5-9-15-25)40-24-37-31-32(40)38-34(36)39-33(31)44-22-26-16-10-6-11-17-26/h5-19,24,28-30,41-42H,20-23H2,1-4H3,(H2,36,38,39)/t28-,29+,30+/m1/s1. The zero-order chi connectivity index (χ0) is 33.2. The molecule has 0 radical (unpaired) electrons. The van der Waals surface area contributed by atoms with E-state index in [4.69, 9.17) is 19.3 Å². The molecule has 1 aliphatic carbocycles. The Morgan fingerprint density at radius 3 is 2.09 bits per heavy atom. The van der Waals surface area contributed by atoms with Crippen molar-refractivity contribution in [3.05, 3.63) is 108 Å². The Bertz CT molecular complexity index is 1790. The molecule has 2 aromatic heterocycles. The number of nitrogens with two attached hydrogens (primary N) is 1. The number of nitrogens with zero attached hydrogens (tertiary/aromatic N) is 4. The van der Waals surface area contributed by atoms with E-state index in [1.54, 1.807) is 10.9 Å². The molecule has 0 saturated heterocycles. The van der Waals surface area contributed by atoms with E-state index in [-0.39, 0.29) is 30.6 Å². The zero-order valence-corrected chi connectivity index (χ0v) is 29.3. The molecule has 3 atom stereocenters. The number of imidazole rings is 1. The van der Waals surface area contributed by atoms with Gasteiger partial charge in [-0.25, -0.2) is 4.98 Å². The molecule has 1 fully saturated rings. The SMILES string of the molecule is C[Si](C)(O[Si](C)(C)[C@H]1C[C@H](n2cnc3c(OCc4ccccc4)nc(N)nc32)C(O)(O)[C@@H]1COCc1ccccc1)c1ccccc1. The fourth-order valence-electron chi connectivity index (χ4n) is 6.92. The Balaban J connectivity index is 1.33. The molecule has 1 aliphatic rings. The highest BCUT2D eigenvalue weighted by molar-refractivity contribution is 6.92. The normalized spacial score (nSPS) is 19.7. The average molecular weight is 670 g/mol. The Morgan fingerprint density at radius 2 is 1.45 bits per heavy atom. The predicted molar refractivity (Wildman–Crippen MR) is 187 cm³/mol. The second-order valence-electron chi connectivity index (χ2n) is 13.3. The van der Waals surface area contributed by atoms with Crippen LogP contribution in [0.4, 0.5) is 5.95 Å². The third kappa shape index (κ3) is 7.03. The molecule has 1 saturated carbocycles. The van der Waals surface area contributed by atoms with Gasteiger partial charge in [-0.1, -0.05) is 91.0 Å². The van der Waals surface area contributed by atoms with Crippen molar-refractivity contribution in [2.45, 2.75) is 63.2 Å². The number of aromatic nitrogens is 4. The maximum absolute atomic E-state index is 12.1. The summed E-state index contributed by atoms with van der Waals surface area (Å²) in [5.74, 6) is -2.55. The van der Waals surface area contributed by atoms with Crippen molar-refractivity contribution in [2.75, 3.05) is 12.3 Å². The highest BCUT2D eigenvalue weighted by Crippen LogP contribution is 2.54. The summed E-state index contributed by atoms with van der Waals surface area (Å²) in [7, 11) is -4.96. The minimum Gasteiger partial charge on any atom is -0.471 e. The van der Waals surface area contributed by atoms with E-state index >= 15 is 0 Å². The third-order valence-corrected chi connectivity index (χ3v) is 17.5. The highest BCUT2D eigenvalue weighted by atomic mass is 28.4. The van der Waals surface area contributed by atoms with Crippen LogP contribution in [0.25, 0.3) is 11.2 Å². The molecule has 0 unspecified atom stereocenters. The molecule has 5 aromatic rings. The highest BCUT2D eigenvalue weighted by Gasteiger charge is 2.60. The molecule has 47 heavy (non-hydrogen) atoms.